The molecule has 0 bridgehead atoms. The van der Waals surface area contributed by atoms with Crippen LogP contribution in [0.1, 0.15) is 52.6 Å². The van der Waals surface area contributed by atoms with Crippen LogP contribution in [-0.2, 0) is 17.8 Å². The summed E-state index contributed by atoms with van der Waals surface area (Å²) in [6.45, 7) is 3.91. The fraction of sp³-hybridized carbons (Fsp3) is 0.250. The van der Waals surface area contributed by atoms with Gasteiger partial charge in [-0.25, -0.2) is 9.78 Å². The first-order chi connectivity index (χ1) is 16.5. The molecule has 0 aliphatic carbocycles. The van der Waals surface area contributed by atoms with Gasteiger partial charge < -0.3 is 9.84 Å². The molecule has 0 spiro atoms. The molecule has 6 heteroatoms. The van der Waals surface area contributed by atoms with E-state index in [0.717, 1.165) is 53.0 Å². The maximum absolute atomic E-state index is 12.6. The first-order valence-corrected chi connectivity index (χ1v) is 11.4. The minimum absolute atomic E-state index is 0.192. The number of carbonyl (C=O) groups excluding carboxylic acids is 1. The Hall–Kier alpha value is -3.95. The van der Waals surface area contributed by atoms with Gasteiger partial charge in [-0.1, -0.05) is 43.7 Å². The summed E-state index contributed by atoms with van der Waals surface area (Å²) in [5, 5.41) is 19.8. The number of nitrogens with zero attached hydrogens (tertiary/aromatic N) is 3. The van der Waals surface area contributed by atoms with E-state index in [0.29, 0.717) is 22.2 Å². The molecule has 172 valence electrons. The van der Waals surface area contributed by atoms with Crippen molar-refractivity contribution in [3.63, 3.8) is 0 Å². The highest BCUT2D eigenvalue weighted by molar-refractivity contribution is 6.03. The van der Waals surface area contributed by atoms with Crippen LogP contribution in [-0.4, -0.2) is 27.7 Å². The number of benzene rings is 3. The smallest absolute Gasteiger partial charge is 0.340 e. The third kappa shape index (κ3) is 4.07. The van der Waals surface area contributed by atoms with Gasteiger partial charge in [-0.15, -0.1) is 0 Å². The Balaban J connectivity index is 2.00. The van der Waals surface area contributed by atoms with Gasteiger partial charge in [0.15, 0.2) is 0 Å². The van der Waals surface area contributed by atoms with Crippen LogP contribution in [0.25, 0.3) is 27.8 Å². The van der Waals surface area contributed by atoms with Crippen LogP contribution in [0.15, 0.2) is 54.6 Å². The Morgan fingerprint density at radius 1 is 1.15 bits per heavy atom. The number of unbranched alkanes of at least 4 members (excludes halogenated alkanes) is 1. The van der Waals surface area contributed by atoms with Crippen molar-refractivity contribution in [2.24, 2.45) is 0 Å². The summed E-state index contributed by atoms with van der Waals surface area (Å²) in [6.07, 6.45) is 2.72. The van der Waals surface area contributed by atoms with Crippen molar-refractivity contribution >= 4 is 17.0 Å². The molecule has 0 saturated carbocycles. The second kappa shape index (κ2) is 9.90. The van der Waals surface area contributed by atoms with Gasteiger partial charge in [0, 0.05) is 12.1 Å². The van der Waals surface area contributed by atoms with Crippen LogP contribution in [0.3, 0.4) is 0 Å². The maximum atomic E-state index is 12.6. The molecule has 34 heavy (non-hydrogen) atoms. The second-order valence-electron chi connectivity index (χ2n) is 8.24. The minimum Gasteiger partial charge on any atom is -0.465 e. The third-order valence-corrected chi connectivity index (χ3v) is 6.09. The van der Waals surface area contributed by atoms with Crippen LogP contribution in [0, 0.1) is 18.3 Å². The molecule has 1 N–H and O–H groups in total. The number of methoxy groups -OCH3 is 1. The highest BCUT2D eigenvalue weighted by Gasteiger charge is 2.22. The lowest BCUT2D eigenvalue weighted by Gasteiger charge is -2.15. The van der Waals surface area contributed by atoms with E-state index in [4.69, 9.17) is 9.72 Å². The number of hydrogen-bond acceptors (Lipinski definition) is 5. The molecule has 1 heterocycles. The lowest BCUT2D eigenvalue weighted by atomic mass is 9.95. The molecule has 0 amide bonds. The molecule has 0 fully saturated rings. The van der Waals surface area contributed by atoms with Crippen LogP contribution in [0.2, 0.25) is 0 Å². The number of aliphatic hydroxyl groups is 1. The highest BCUT2D eigenvalue weighted by Crippen LogP contribution is 2.33. The molecule has 4 rings (SSSR count). The van der Waals surface area contributed by atoms with Crippen LogP contribution in [0.4, 0.5) is 0 Å². The normalized spacial score (nSPS) is 10.9. The number of imidazole rings is 1. The number of esters is 1. The third-order valence-electron chi connectivity index (χ3n) is 6.09. The summed E-state index contributed by atoms with van der Waals surface area (Å²) in [7, 11) is 1.37. The molecule has 0 atom stereocenters. The standard InChI is InChI=1S/C28H27N3O3/c1-4-5-10-25-30-26-18(2)11-13-24(28(33)34-3)27(26)31(25)21-12-14-23(20(15-21)17-32)22-9-7-6-8-19(22)16-29/h6-9,11-15,32H,4-5,10,17H2,1-3H3. The molecule has 6 nitrogen and oxygen atoms in total. The molecule has 0 aliphatic heterocycles. The van der Waals surface area contributed by atoms with Crippen molar-refractivity contribution in [1.82, 2.24) is 9.55 Å². The lowest BCUT2D eigenvalue weighted by molar-refractivity contribution is 0.0602. The summed E-state index contributed by atoms with van der Waals surface area (Å²) in [5.74, 6) is 0.431. The van der Waals surface area contributed by atoms with Gasteiger partial charge in [-0.2, -0.15) is 5.26 Å². The van der Waals surface area contributed by atoms with Gasteiger partial charge >= 0.3 is 5.97 Å². The molecular weight excluding hydrogens is 426 g/mol. The SMILES string of the molecule is CCCCc1nc2c(C)ccc(C(=O)OC)c2n1-c1ccc(-c2ccccc2C#N)c(CO)c1. The Labute approximate surface area is 199 Å². The predicted octanol–water partition coefficient (Wildman–Crippen LogP) is 5.49. The number of rotatable bonds is 7. The average molecular weight is 454 g/mol. The van der Waals surface area contributed by atoms with Gasteiger partial charge in [0.1, 0.15) is 5.82 Å². The van der Waals surface area contributed by atoms with E-state index < -0.39 is 5.97 Å². The first kappa shape index (κ1) is 23.2. The lowest BCUT2D eigenvalue weighted by Crippen LogP contribution is -2.08. The summed E-state index contributed by atoms with van der Waals surface area (Å²) in [6, 6.07) is 19.0. The van der Waals surface area contributed by atoms with Gasteiger partial charge in [0.05, 0.1) is 41.9 Å². The van der Waals surface area contributed by atoms with E-state index in [1.165, 1.54) is 7.11 Å². The van der Waals surface area contributed by atoms with Crippen molar-refractivity contribution in [1.29, 1.82) is 5.26 Å². The van der Waals surface area contributed by atoms with Gasteiger partial charge in [0.2, 0.25) is 0 Å². The van der Waals surface area contributed by atoms with Crippen molar-refractivity contribution in [2.75, 3.05) is 7.11 Å². The van der Waals surface area contributed by atoms with Gasteiger partial charge in [0.25, 0.3) is 0 Å². The summed E-state index contributed by atoms with van der Waals surface area (Å²) in [4.78, 5) is 17.6. The molecule has 4 aromatic rings. The van der Waals surface area contributed by atoms with Crippen molar-refractivity contribution < 1.29 is 14.6 Å². The Bertz CT molecular complexity index is 1410. The minimum atomic E-state index is -0.421. The van der Waals surface area contributed by atoms with Crippen LogP contribution < -0.4 is 0 Å². The van der Waals surface area contributed by atoms with E-state index in [2.05, 4.69) is 13.0 Å². The largest absolute Gasteiger partial charge is 0.465 e. The van der Waals surface area contributed by atoms with Gasteiger partial charge in [-0.05, 0) is 59.9 Å². The van der Waals surface area contributed by atoms with Crippen molar-refractivity contribution in [2.45, 2.75) is 39.7 Å². The highest BCUT2D eigenvalue weighted by atomic mass is 16.5. The quantitative estimate of drug-likeness (QED) is 0.374. The zero-order valence-corrected chi connectivity index (χ0v) is 19.6. The number of nitriles is 1. The number of carbonyl (C=O) groups is 1. The Morgan fingerprint density at radius 2 is 1.94 bits per heavy atom. The van der Waals surface area contributed by atoms with Gasteiger partial charge in [-0.3, -0.25) is 4.57 Å². The van der Waals surface area contributed by atoms with Crippen molar-refractivity contribution in [3.05, 3.63) is 82.7 Å². The Morgan fingerprint density at radius 3 is 2.65 bits per heavy atom. The van der Waals surface area contributed by atoms with Crippen LogP contribution in [0.5, 0.6) is 0 Å². The summed E-state index contributed by atoms with van der Waals surface area (Å²) < 4.78 is 7.07. The Kier molecular flexibility index (Phi) is 6.76. The second-order valence-corrected chi connectivity index (χ2v) is 8.24. The molecule has 0 aliphatic rings. The van der Waals surface area contributed by atoms with E-state index in [1.807, 2.05) is 54.0 Å². The zero-order valence-electron chi connectivity index (χ0n) is 19.6. The van der Waals surface area contributed by atoms with E-state index in [9.17, 15) is 15.2 Å². The topological polar surface area (TPSA) is 88.1 Å². The maximum Gasteiger partial charge on any atom is 0.340 e. The first-order valence-electron chi connectivity index (χ1n) is 11.4. The fourth-order valence-corrected chi connectivity index (χ4v) is 4.34. The number of hydrogen-bond donors (Lipinski definition) is 1. The number of aliphatic hydroxyl groups excluding tert-OH is 1. The van der Waals surface area contributed by atoms with E-state index in [1.54, 1.807) is 12.1 Å². The fourth-order valence-electron chi connectivity index (χ4n) is 4.34. The molecule has 3 aromatic carbocycles. The number of ether oxygens (including phenoxy) is 1. The summed E-state index contributed by atoms with van der Waals surface area (Å²) >= 11 is 0. The monoisotopic (exact) mass is 453 g/mol. The number of fused-ring (bicyclic) bond motifs is 1. The molecule has 0 saturated heterocycles. The number of aromatic nitrogens is 2. The predicted molar refractivity (Wildman–Crippen MR) is 132 cm³/mol. The molecule has 1 aromatic heterocycles. The van der Waals surface area contributed by atoms with E-state index in [-0.39, 0.29) is 6.61 Å². The summed E-state index contributed by atoms with van der Waals surface area (Å²) in [5.41, 5.74) is 6.49. The number of aryl methyl sites for hydroxylation is 2. The zero-order chi connectivity index (χ0) is 24.2. The molecule has 0 radical (unpaired) electrons. The van der Waals surface area contributed by atoms with Crippen LogP contribution >= 0.6 is 0 Å². The van der Waals surface area contributed by atoms with E-state index >= 15 is 0 Å². The van der Waals surface area contributed by atoms with Crippen molar-refractivity contribution in [3.8, 4) is 22.9 Å². The molecular formula is C28H27N3O3. The molecule has 0 unspecified atom stereocenters. The average Bonchev–Trinajstić information content (AvgIpc) is 3.27.